The third kappa shape index (κ3) is 5.06. The number of amidine groups is 1. The summed E-state index contributed by atoms with van der Waals surface area (Å²) in [6, 6.07) is 0.256. The maximum absolute atomic E-state index is 9.02. The molecule has 0 aromatic carbocycles. The molecule has 1 aliphatic carbocycles. The fourth-order valence-electron chi connectivity index (χ4n) is 3.32. The van der Waals surface area contributed by atoms with Gasteiger partial charge in [-0.15, -0.1) is 0 Å². The van der Waals surface area contributed by atoms with Crippen LogP contribution in [0, 0.1) is 5.92 Å². The molecule has 1 aromatic rings. The van der Waals surface area contributed by atoms with E-state index >= 15 is 0 Å². The Morgan fingerprint density at radius 3 is 2.63 bits per heavy atom. The maximum Gasteiger partial charge on any atom is 0.208 e. The number of aliphatic imine (C=N–C) groups is 1. The highest BCUT2D eigenvalue weighted by Gasteiger charge is 2.27. The standard InChI is InChI=1S/C18H32N8O/c1-6-10-25(4)11-26(5)14-16(20-3)22-18(15(19)24-27)23-17(14)21-12(2)13-8-7-9-13/h12-13,27H,3,6-11H2,1-2,4-5H3,(H2,19,24)(H,21,22,23)/t12-/m1/s1. The van der Waals surface area contributed by atoms with Gasteiger partial charge in [-0.3, -0.25) is 4.90 Å². The molecule has 1 saturated carbocycles. The van der Waals surface area contributed by atoms with E-state index < -0.39 is 0 Å². The van der Waals surface area contributed by atoms with Gasteiger partial charge in [0.15, 0.2) is 11.6 Å². The minimum Gasteiger partial charge on any atom is -0.409 e. The molecule has 0 radical (unpaired) electrons. The summed E-state index contributed by atoms with van der Waals surface area (Å²) in [5.41, 5.74) is 6.48. The molecule has 0 saturated heterocycles. The Morgan fingerprint density at radius 2 is 2.11 bits per heavy atom. The normalized spacial score (nSPS) is 16.1. The Balaban J connectivity index is 2.41. The number of hydrogen-bond acceptors (Lipinski definition) is 8. The summed E-state index contributed by atoms with van der Waals surface area (Å²) in [4.78, 5) is 17.2. The fraction of sp³-hybridized carbons (Fsp3) is 0.667. The largest absolute Gasteiger partial charge is 0.409 e. The van der Waals surface area contributed by atoms with E-state index in [2.05, 4.69) is 57.9 Å². The van der Waals surface area contributed by atoms with Crippen molar-refractivity contribution in [2.75, 3.05) is 37.5 Å². The van der Waals surface area contributed by atoms with Crippen LogP contribution in [0.15, 0.2) is 10.1 Å². The Kier molecular flexibility index (Phi) is 7.35. The summed E-state index contributed by atoms with van der Waals surface area (Å²) in [5, 5.41) is 15.5. The minimum atomic E-state index is -0.156. The molecular weight excluding hydrogens is 344 g/mol. The quantitative estimate of drug-likeness (QED) is 0.188. The third-order valence-electron chi connectivity index (χ3n) is 5.01. The van der Waals surface area contributed by atoms with Crippen LogP contribution in [0.3, 0.4) is 0 Å². The van der Waals surface area contributed by atoms with E-state index in [0.29, 0.717) is 24.2 Å². The average molecular weight is 377 g/mol. The molecular formula is C18H32N8O. The summed E-state index contributed by atoms with van der Waals surface area (Å²) >= 11 is 0. The number of hydrogen-bond donors (Lipinski definition) is 3. The number of nitrogens with one attached hydrogen (secondary N) is 1. The Hall–Kier alpha value is -2.42. The van der Waals surface area contributed by atoms with Gasteiger partial charge in [0.2, 0.25) is 11.7 Å². The first kappa shape index (κ1) is 20.9. The van der Waals surface area contributed by atoms with E-state index in [-0.39, 0.29) is 17.7 Å². The lowest BCUT2D eigenvalue weighted by molar-refractivity contribution is 0.285. The van der Waals surface area contributed by atoms with Crippen LogP contribution in [-0.2, 0) is 0 Å². The third-order valence-corrected chi connectivity index (χ3v) is 5.01. The number of nitrogens with zero attached hydrogens (tertiary/aromatic N) is 6. The number of aromatic nitrogens is 2. The van der Waals surface area contributed by atoms with Gasteiger partial charge in [-0.2, -0.15) is 0 Å². The van der Waals surface area contributed by atoms with Crippen LogP contribution in [-0.4, -0.2) is 66.0 Å². The van der Waals surface area contributed by atoms with Gasteiger partial charge in [0.1, 0.15) is 5.69 Å². The molecule has 0 amide bonds. The van der Waals surface area contributed by atoms with E-state index in [1.165, 1.54) is 19.3 Å². The minimum absolute atomic E-state index is 0.127. The summed E-state index contributed by atoms with van der Waals surface area (Å²) in [6.45, 7) is 9.62. The predicted octanol–water partition coefficient (Wildman–Crippen LogP) is 2.24. The van der Waals surface area contributed by atoms with Gasteiger partial charge in [-0.1, -0.05) is 18.5 Å². The van der Waals surface area contributed by atoms with Crippen LogP contribution in [0.2, 0.25) is 0 Å². The molecule has 4 N–H and O–H groups in total. The summed E-state index contributed by atoms with van der Waals surface area (Å²) in [7, 11) is 4.04. The van der Waals surface area contributed by atoms with Gasteiger partial charge in [0.25, 0.3) is 0 Å². The molecule has 1 aromatic heterocycles. The molecule has 0 bridgehead atoms. The van der Waals surface area contributed by atoms with Crippen LogP contribution in [0.5, 0.6) is 0 Å². The second-order valence-electron chi connectivity index (χ2n) is 7.25. The Bertz CT molecular complexity index is 674. The fourth-order valence-corrected chi connectivity index (χ4v) is 3.32. The zero-order chi connectivity index (χ0) is 20.0. The molecule has 1 fully saturated rings. The molecule has 1 aliphatic rings. The van der Waals surface area contributed by atoms with Crippen molar-refractivity contribution in [1.82, 2.24) is 14.9 Å². The van der Waals surface area contributed by atoms with Crippen molar-refractivity contribution in [3.05, 3.63) is 5.82 Å². The van der Waals surface area contributed by atoms with Gasteiger partial charge >= 0.3 is 0 Å². The lowest BCUT2D eigenvalue weighted by Crippen LogP contribution is -2.36. The highest BCUT2D eigenvalue weighted by atomic mass is 16.4. The first-order chi connectivity index (χ1) is 12.9. The van der Waals surface area contributed by atoms with Crippen molar-refractivity contribution < 1.29 is 5.21 Å². The highest BCUT2D eigenvalue weighted by molar-refractivity contribution is 5.95. The van der Waals surface area contributed by atoms with Gasteiger partial charge < -0.3 is 21.2 Å². The summed E-state index contributed by atoms with van der Waals surface area (Å²) < 4.78 is 0. The molecule has 2 rings (SSSR count). The van der Waals surface area contributed by atoms with Crippen molar-refractivity contribution in [2.45, 2.75) is 45.6 Å². The van der Waals surface area contributed by atoms with Crippen LogP contribution in [0.25, 0.3) is 0 Å². The maximum atomic E-state index is 9.02. The summed E-state index contributed by atoms with van der Waals surface area (Å²) in [6.07, 6.45) is 4.76. The van der Waals surface area contributed by atoms with Gasteiger partial charge in [0, 0.05) is 13.1 Å². The average Bonchev–Trinajstić information content (AvgIpc) is 2.58. The van der Waals surface area contributed by atoms with Crippen molar-refractivity contribution in [2.24, 2.45) is 21.8 Å². The topological polar surface area (TPSA) is 115 Å². The first-order valence-electron chi connectivity index (χ1n) is 9.44. The number of oxime groups is 1. The first-order valence-corrected chi connectivity index (χ1v) is 9.44. The monoisotopic (exact) mass is 376 g/mol. The van der Waals surface area contributed by atoms with Crippen molar-refractivity contribution in [3.63, 3.8) is 0 Å². The Labute approximate surface area is 161 Å². The van der Waals surface area contributed by atoms with Crippen molar-refractivity contribution in [1.29, 1.82) is 0 Å². The molecule has 9 heteroatoms. The lowest BCUT2D eigenvalue weighted by Gasteiger charge is -2.34. The van der Waals surface area contributed by atoms with Gasteiger partial charge in [0.05, 0.1) is 6.67 Å². The van der Waals surface area contributed by atoms with E-state index in [1.54, 1.807) is 0 Å². The zero-order valence-electron chi connectivity index (χ0n) is 16.8. The number of rotatable bonds is 10. The van der Waals surface area contributed by atoms with E-state index in [0.717, 1.165) is 18.7 Å². The SMILES string of the molecule is C=Nc1nc(/C(N)=N/O)nc(N[C@H](C)C2CCC2)c1N(C)CN(C)CCC. The summed E-state index contributed by atoms with van der Waals surface area (Å²) in [5.74, 6) is 1.62. The number of anilines is 2. The second-order valence-corrected chi connectivity index (χ2v) is 7.25. The molecule has 0 spiro atoms. The van der Waals surface area contributed by atoms with Crippen molar-refractivity contribution in [3.8, 4) is 0 Å². The van der Waals surface area contributed by atoms with E-state index in [1.807, 2.05) is 11.9 Å². The molecule has 150 valence electrons. The van der Waals surface area contributed by atoms with Crippen LogP contribution in [0.4, 0.5) is 17.3 Å². The molecule has 9 nitrogen and oxygen atoms in total. The van der Waals surface area contributed by atoms with Crippen LogP contribution in [0.1, 0.15) is 45.4 Å². The highest BCUT2D eigenvalue weighted by Crippen LogP contribution is 2.36. The predicted molar refractivity (Wildman–Crippen MR) is 110 cm³/mol. The van der Waals surface area contributed by atoms with Gasteiger partial charge in [-0.25, -0.2) is 15.0 Å². The van der Waals surface area contributed by atoms with Crippen molar-refractivity contribution >= 4 is 29.9 Å². The molecule has 1 atom stereocenters. The molecule has 0 unspecified atom stereocenters. The van der Waals surface area contributed by atoms with Crippen LogP contribution < -0.4 is 16.0 Å². The Morgan fingerprint density at radius 1 is 1.41 bits per heavy atom. The second kappa shape index (κ2) is 9.50. The molecule has 1 heterocycles. The number of nitrogens with two attached hydrogens (primary N) is 1. The van der Waals surface area contributed by atoms with Crippen LogP contribution >= 0.6 is 0 Å². The van der Waals surface area contributed by atoms with Gasteiger partial charge in [-0.05, 0) is 52.4 Å². The smallest absolute Gasteiger partial charge is 0.208 e. The van der Waals surface area contributed by atoms with E-state index in [4.69, 9.17) is 10.9 Å². The van der Waals surface area contributed by atoms with E-state index in [9.17, 15) is 0 Å². The zero-order valence-corrected chi connectivity index (χ0v) is 16.8. The molecule has 0 aliphatic heterocycles. The molecule has 27 heavy (non-hydrogen) atoms. The lowest BCUT2D eigenvalue weighted by atomic mass is 9.80.